The van der Waals surface area contributed by atoms with Crippen LogP contribution in [-0.2, 0) is 26.5 Å². The average Bonchev–Trinajstić information content (AvgIpc) is 3.83. The second-order valence-electron chi connectivity index (χ2n) is 18.9. The largest absolute Gasteiger partial charge is 3.00 e. The summed E-state index contributed by atoms with van der Waals surface area (Å²) in [5.74, 6) is 11.2. The topological polar surface area (TPSA) is 43.4 Å². The van der Waals surface area contributed by atoms with E-state index in [4.69, 9.17) is 14.7 Å². The van der Waals surface area contributed by atoms with E-state index in [0.29, 0.717) is 11.8 Å². The summed E-state index contributed by atoms with van der Waals surface area (Å²) in [5, 5.41) is 7.47. The molecule has 7 aromatic rings. The van der Waals surface area contributed by atoms with E-state index >= 15 is 0 Å². The number of hydrogen-bond acceptors (Lipinski definition) is 3. The van der Waals surface area contributed by atoms with Crippen LogP contribution >= 0.6 is 0 Å². The predicted molar refractivity (Wildman–Crippen MR) is 250 cm³/mol. The minimum absolute atomic E-state index is 0. The molecule has 3 heterocycles. The summed E-state index contributed by atoms with van der Waals surface area (Å²) in [5.41, 5.74) is 12.6. The SMILES string of the molecule is CC(C)c1cccc(C(C)C)c1N1c2ccccc2[N-]C1c1[c-]ccc2c1oc1ccccc12.[CH3][Ge]([CH3])([CH3])[c]1cnc(-c2[c-]cccc2)cc1CC1CC2CCC1CC2.[Ir+3]. The van der Waals surface area contributed by atoms with E-state index in [-0.39, 0.29) is 26.3 Å². The molecule has 3 fully saturated rings. The van der Waals surface area contributed by atoms with Gasteiger partial charge in [0.05, 0.1) is 0 Å². The molecule has 3 saturated carbocycles. The van der Waals surface area contributed by atoms with Crippen LogP contribution in [0.15, 0.2) is 120 Å². The van der Waals surface area contributed by atoms with Crippen LogP contribution in [0.4, 0.5) is 17.1 Å². The third-order valence-corrected chi connectivity index (χ3v) is 17.7. The summed E-state index contributed by atoms with van der Waals surface area (Å²) < 4.78 is 8.03. The van der Waals surface area contributed by atoms with Gasteiger partial charge in [-0.1, -0.05) is 87.7 Å². The van der Waals surface area contributed by atoms with E-state index < -0.39 is 13.3 Å². The summed E-state index contributed by atoms with van der Waals surface area (Å²) in [6.45, 7) is 9.07. The van der Waals surface area contributed by atoms with Gasteiger partial charge in [0, 0.05) is 22.3 Å². The van der Waals surface area contributed by atoms with Crippen LogP contribution in [0.1, 0.15) is 100 Å². The number of fused-ring (bicyclic) bond motifs is 7. The van der Waals surface area contributed by atoms with Crippen molar-refractivity contribution in [3.05, 3.63) is 155 Å². The fourth-order valence-corrected chi connectivity index (χ4v) is 13.7. The summed E-state index contributed by atoms with van der Waals surface area (Å²) in [6.07, 6.45) is 10.7. The maximum absolute atomic E-state index is 6.42. The average molecular weight is 1030 g/mol. The Kier molecular flexibility index (Phi) is 12.5. The van der Waals surface area contributed by atoms with Crippen molar-refractivity contribution in [1.29, 1.82) is 0 Å². The van der Waals surface area contributed by atoms with Crippen molar-refractivity contribution in [2.24, 2.45) is 17.8 Å². The first-order valence-electron chi connectivity index (χ1n) is 22.1. The summed E-state index contributed by atoms with van der Waals surface area (Å²) in [4.78, 5) is 7.25. The van der Waals surface area contributed by atoms with Crippen LogP contribution in [0.3, 0.4) is 0 Å². The number of rotatable bonds is 8. The second kappa shape index (κ2) is 17.7. The van der Waals surface area contributed by atoms with Crippen molar-refractivity contribution in [2.45, 2.75) is 101 Å². The van der Waals surface area contributed by atoms with Gasteiger partial charge in [-0.3, -0.25) is 0 Å². The molecule has 2 bridgehead atoms. The van der Waals surface area contributed by atoms with Gasteiger partial charge in [-0.2, -0.15) is 18.2 Å². The standard InChI is InChI=1S/C31H28N2O.C23H30GeN.Ir/c1-19(2)21-12-9-13-22(20(3)4)29(21)33-27-17-7-6-16-26(27)32-31(33)25-15-10-14-24-23-11-5-8-18-28(23)34-30(24)25;1-24(2,3)22-16-25-23(19-7-5-4-6-8-19)15-21(22)14-20-13-17-9-11-18(20)12-10-17;/h5-14,16-20,31H,1-4H3;4-7,15-18,20H,9-14H2,1-3H3;/q-2;-1;+3. The minimum Gasteiger partial charge on any atom is 3.00 e. The molecule has 2 unspecified atom stereocenters. The molecule has 308 valence electrons. The van der Waals surface area contributed by atoms with Crippen LogP contribution in [0.25, 0.3) is 38.5 Å². The number of para-hydroxylation sites is 4. The van der Waals surface area contributed by atoms with Crippen molar-refractivity contribution in [3.8, 4) is 11.3 Å². The maximum atomic E-state index is 6.42. The quantitative estimate of drug-likeness (QED) is 0.113. The monoisotopic (exact) mass is 1030 g/mol. The van der Waals surface area contributed by atoms with Gasteiger partial charge >= 0.3 is 176 Å². The van der Waals surface area contributed by atoms with Crippen LogP contribution in [0.2, 0.25) is 17.3 Å². The van der Waals surface area contributed by atoms with Gasteiger partial charge < -0.3 is 14.6 Å². The first-order valence-corrected chi connectivity index (χ1v) is 29.4. The first-order chi connectivity index (χ1) is 28.5. The van der Waals surface area contributed by atoms with Crippen LogP contribution in [0.5, 0.6) is 0 Å². The first kappa shape index (κ1) is 42.5. The molecule has 0 amide bonds. The van der Waals surface area contributed by atoms with Gasteiger partial charge in [0.25, 0.3) is 0 Å². The number of aromatic nitrogens is 1. The molecular formula is C54H58GeIrN3O. The molecule has 0 radical (unpaired) electrons. The molecule has 2 atom stereocenters. The van der Waals surface area contributed by atoms with Gasteiger partial charge in [0.15, 0.2) is 0 Å². The Bertz CT molecular complexity index is 2560. The fraction of sp³-hybridized carbons (Fsp3) is 0.352. The molecule has 60 heavy (non-hydrogen) atoms. The van der Waals surface area contributed by atoms with Crippen LogP contribution in [0, 0.1) is 29.9 Å². The zero-order valence-corrected chi connectivity index (χ0v) is 40.8. The number of pyridine rings is 1. The number of anilines is 2. The Morgan fingerprint density at radius 3 is 2.18 bits per heavy atom. The van der Waals surface area contributed by atoms with Crippen LogP contribution < -0.4 is 9.30 Å². The molecule has 4 aliphatic rings. The molecule has 11 rings (SSSR count). The summed E-state index contributed by atoms with van der Waals surface area (Å²) in [6, 6.07) is 45.0. The van der Waals surface area contributed by atoms with Crippen molar-refractivity contribution >= 4 is 56.7 Å². The number of benzene rings is 5. The summed E-state index contributed by atoms with van der Waals surface area (Å²) >= 11 is -1.91. The van der Waals surface area contributed by atoms with Gasteiger partial charge in [-0.15, -0.1) is 11.3 Å². The molecule has 3 aliphatic carbocycles. The van der Waals surface area contributed by atoms with E-state index in [0.717, 1.165) is 67.9 Å². The molecule has 0 saturated heterocycles. The fourth-order valence-electron chi connectivity index (χ4n) is 10.3. The zero-order chi connectivity index (χ0) is 40.8. The van der Waals surface area contributed by atoms with E-state index in [1.807, 2.05) is 30.3 Å². The predicted octanol–water partition coefficient (Wildman–Crippen LogP) is 14.9. The van der Waals surface area contributed by atoms with Crippen molar-refractivity contribution in [3.63, 3.8) is 0 Å². The number of hydrogen-bond donors (Lipinski definition) is 0. The molecular weight excluding hydrogens is 971 g/mol. The van der Waals surface area contributed by atoms with Crippen molar-refractivity contribution < 1.29 is 24.5 Å². The molecule has 0 N–H and O–H groups in total. The molecule has 5 aromatic carbocycles. The molecule has 2 aromatic heterocycles. The van der Waals surface area contributed by atoms with Crippen molar-refractivity contribution in [2.75, 3.05) is 4.90 Å². The van der Waals surface area contributed by atoms with E-state index in [9.17, 15) is 0 Å². The van der Waals surface area contributed by atoms with Crippen molar-refractivity contribution in [1.82, 2.24) is 4.98 Å². The minimum atomic E-state index is -1.91. The van der Waals surface area contributed by atoms with Gasteiger partial charge in [0.2, 0.25) is 0 Å². The van der Waals surface area contributed by atoms with Gasteiger partial charge in [0.1, 0.15) is 5.58 Å². The van der Waals surface area contributed by atoms with Crippen LogP contribution in [-0.4, -0.2) is 18.3 Å². The van der Waals surface area contributed by atoms with E-state index in [1.165, 1.54) is 55.3 Å². The molecule has 4 nitrogen and oxygen atoms in total. The smallest absolute Gasteiger partial charge is 3.00 e. The Morgan fingerprint density at radius 1 is 0.783 bits per heavy atom. The molecule has 1 aliphatic heterocycles. The number of furan rings is 1. The summed E-state index contributed by atoms with van der Waals surface area (Å²) in [7, 11) is 0. The van der Waals surface area contributed by atoms with E-state index in [1.54, 1.807) is 9.96 Å². The Hall–Kier alpha value is -4.16. The third-order valence-electron chi connectivity index (χ3n) is 13.3. The number of nitrogens with zero attached hydrogens (tertiary/aromatic N) is 3. The maximum Gasteiger partial charge on any atom is 3.00 e. The molecule has 6 heteroatoms. The van der Waals surface area contributed by atoms with Gasteiger partial charge in [-0.05, 0) is 41.3 Å². The Balaban J connectivity index is 0.000000171. The Morgan fingerprint density at radius 2 is 1.50 bits per heavy atom. The normalized spacial score (nSPS) is 19.6. The Labute approximate surface area is 374 Å². The zero-order valence-electron chi connectivity index (χ0n) is 36.3. The molecule has 0 spiro atoms. The third kappa shape index (κ3) is 8.27. The second-order valence-corrected chi connectivity index (χ2v) is 29.5. The van der Waals surface area contributed by atoms with E-state index in [2.05, 4.69) is 147 Å². The van der Waals surface area contributed by atoms with Gasteiger partial charge in [-0.25, -0.2) is 0 Å².